The third-order valence-corrected chi connectivity index (χ3v) is 3.54. The minimum atomic E-state index is 0.495. The van der Waals surface area contributed by atoms with E-state index in [1.54, 1.807) is 13.4 Å². The van der Waals surface area contributed by atoms with Crippen LogP contribution in [0.2, 0.25) is 0 Å². The zero-order valence-electron chi connectivity index (χ0n) is 13.1. The summed E-state index contributed by atoms with van der Waals surface area (Å²) >= 11 is 0. The molecule has 1 aromatic carbocycles. The number of methoxy groups -OCH3 is 1. The molecule has 0 aliphatic heterocycles. The molecule has 3 heteroatoms. The number of hydrogen-bond donors (Lipinski definition) is 1. The molecule has 114 valence electrons. The SMILES string of the molecule is COc1cccc(CC(CNC(C)C)Cc2ccco2)c1. The minimum absolute atomic E-state index is 0.495. The second-order valence-corrected chi connectivity index (χ2v) is 5.77. The summed E-state index contributed by atoms with van der Waals surface area (Å²) in [5.41, 5.74) is 1.30. The average Bonchev–Trinajstić information content (AvgIpc) is 2.98. The van der Waals surface area contributed by atoms with Crippen molar-refractivity contribution >= 4 is 0 Å². The van der Waals surface area contributed by atoms with Gasteiger partial charge in [0.05, 0.1) is 13.4 Å². The summed E-state index contributed by atoms with van der Waals surface area (Å²) in [4.78, 5) is 0. The lowest BCUT2D eigenvalue weighted by Crippen LogP contribution is -2.31. The fourth-order valence-corrected chi connectivity index (χ4v) is 2.46. The molecule has 1 N–H and O–H groups in total. The molecule has 0 saturated heterocycles. The van der Waals surface area contributed by atoms with Crippen LogP contribution >= 0.6 is 0 Å². The molecule has 0 fully saturated rings. The first-order valence-electron chi connectivity index (χ1n) is 7.56. The smallest absolute Gasteiger partial charge is 0.119 e. The fraction of sp³-hybridized carbons (Fsp3) is 0.444. The van der Waals surface area contributed by atoms with E-state index in [0.717, 1.165) is 30.9 Å². The second kappa shape index (κ2) is 7.89. The van der Waals surface area contributed by atoms with E-state index in [1.807, 2.05) is 24.3 Å². The van der Waals surface area contributed by atoms with Crippen molar-refractivity contribution in [3.05, 3.63) is 54.0 Å². The summed E-state index contributed by atoms with van der Waals surface area (Å²) in [6.45, 7) is 5.33. The van der Waals surface area contributed by atoms with E-state index in [0.29, 0.717) is 12.0 Å². The van der Waals surface area contributed by atoms with Crippen LogP contribution in [0.15, 0.2) is 47.1 Å². The van der Waals surface area contributed by atoms with E-state index in [-0.39, 0.29) is 0 Å². The molecule has 1 heterocycles. The van der Waals surface area contributed by atoms with Gasteiger partial charge >= 0.3 is 0 Å². The van der Waals surface area contributed by atoms with Crippen LogP contribution in [0.5, 0.6) is 5.75 Å². The minimum Gasteiger partial charge on any atom is -0.497 e. The van der Waals surface area contributed by atoms with Crippen LogP contribution in [0.1, 0.15) is 25.2 Å². The quantitative estimate of drug-likeness (QED) is 0.804. The van der Waals surface area contributed by atoms with Crippen molar-refractivity contribution in [2.24, 2.45) is 5.92 Å². The standard InChI is InChI=1S/C18H25NO2/c1-14(2)19-13-16(12-18-8-5-9-21-18)10-15-6-4-7-17(11-15)20-3/h4-9,11,14,16,19H,10,12-13H2,1-3H3. The number of ether oxygens (including phenoxy) is 1. The van der Waals surface area contributed by atoms with E-state index in [9.17, 15) is 0 Å². The number of nitrogens with one attached hydrogen (secondary N) is 1. The van der Waals surface area contributed by atoms with Crippen LogP contribution in [-0.4, -0.2) is 19.7 Å². The Labute approximate surface area is 127 Å². The highest BCUT2D eigenvalue weighted by Gasteiger charge is 2.13. The topological polar surface area (TPSA) is 34.4 Å². The van der Waals surface area contributed by atoms with Crippen molar-refractivity contribution in [1.29, 1.82) is 0 Å². The van der Waals surface area contributed by atoms with Gasteiger partial charge in [-0.25, -0.2) is 0 Å². The van der Waals surface area contributed by atoms with Gasteiger partial charge in [0, 0.05) is 12.5 Å². The maximum absolute atomic E-state index is 5.50. The van der Waals surface area contributed by atoms with Crippen molar-refractivity contribution in [2.75, 3.05) is 13.7 Å². The van der Waals surface area contributed by atoms with Crippen molar-refractivity contribution in [2.45, 2.75) is 32.7 Å². The van der Waals surface area contributed by atoms with Gasteiger partial charge in [-0.15, -0.1) is 0 Å². The van der Waals surface area contributed by atoms with Crippen LogP contribution in [0.4, 0.5) is 0 Å². The van der Waals surface area contributed by atoms with E-state index in [2.05, 4.69) is 31.3 Å². The first-order valence-corrected chi connectivity index (χ1v) is 7.56. The van der Waals surface area contributed by atoms with Crippen molar-refractivity contribution < 1.29 is 9.15 Å². The molecule has 0 aliphatic rings. The molecular weight excluding hydrogens is 262 g/mol. The van der Waals surface area contributed by atoms with Crippen LogP contribution < -0.4 is 10.1 Å². The largest absolute Gasteiger partial charge is 0.497 e. The van der Waals surface area contributed by atoms with E-state index in [1.165, 1.54) is 5.56 Å². The first-order chi connectivity index (χ1) is 10.2. The maximum atomic E-state index is 5.50. The van der Waals surface area contributed by atoms with Gasteiger partial charge in [-0.3, -0.25) is 0 Å². The summed E-state index contributed by atoms with van der Waals surface area (Å²) in [7, 11) is 1.71. The lowest BCUT2D eigenvalue weighted by atomic mass is 9.94. The molecule has 0 amide bonds. The number of furan rings is 1. The zero-order chi connectivity index (χ0) is 15.1. The molecule has 2 rings (SSSR count). The molecular formula is C18H25NO2. The highest BCUT2D eigenvalue weighted by Crippen LogP contribution is 2.19. The number of rotatable bonds is 8. The fourth-order valence-electron chi connectivity index (χ4n) is 2.46. The summed E-state index contributed by atoms with van der Waals surface area (Å²) in [6.07, 6.45) is 3.70. The Hall–Kier alpha value is -1.74. The molecule has 0 radical (unpaired) electrons. The molecule has 0 spiro atoms. The van der Waals surface area contributed by atoms with E-state index in [4.69, 9.17) is 9.15 Å². The lowest BCUT2D eigenvalue weighted by Gasteiger charge is -2.19. The first kappa shape index (κ1) is 15.6. The third kappa shape index (κ3) is 5.27. The maximum Gasteiger partial charge on any atom is 0.119 e. The van der Waals surface area contributed by atoms with Gasteiger partial charge < -0.3 is 14.5 Å². The van der Waals surface area contributed by atoms with Crippen LogP contribution in [0.25, 0.3) is 0 Å². The second-order valence-electron chi connectivity index (χ2n) is 5.77. The Morgan fingerprint density at radius 3 is 2.67 bits per heavy atom. The Morgan fingerprint density at radius 2 is 2.00 bits per heavy atom. The van der Waals surface area contributed by atoms with E-state index < -0.39 is 0 Å². The van der Waals surface area contributed by atoms with Crippen molar-refractivity contribution in [1.82, 2.24) is 5.32 Å². The molecule has 3 nitrogen and oxygen atoms in total. The average molecular weight is 287 g/mol. The van der Waals surface area contributed by atoms with Crippen molar-refractivity contribution in [3.63, 3.8) is 0 Å². The molecule has 2 aromatic rings. The molecule has 1 aromatic heterocycles. The number of benzene rings is 1. The Balaban J connectivity index is 2.02. The van der Waals surface area contributed by atoms with Gasteiger partial charge in [-0.05, 0) is 48.7 Å². The van der Waals surface area contributed by atoms with Gasteiger partial charge in [0.1, 0.15) is 11.5 Å². The summed E-state index contributed by atoms with van der Waals surface area (Å²) in [5, 5.41) is 3.53. The predicted octanol–water partition coefficient (Wildman–Crippen LogP) is 3.69. The Morgan fingerprint density at radius 1 is 1.14 bits per heavy atom. The van der Waals surface area contributed by atoms with Crippen LogP contribution in [0.3, 0.4) is 0 Å². The molecule has 1 unspecified atom stereocenters. The molecule has 0 saturated carbocycles. The predicted molar refractivity (Wildman–Crippen MR) is 85.7 cm³/mol. The lowest BCUT2D eigenvalue weighted by molar-refractivity contribution is 0.398. The van der Waals surface area contributed by atoms with Gasteiger partial charge in [0.25, 0.3) is 0 Å². The van der Waals surface area contributed by atoms with Gasteiger partial charge in [-0.1, -0.05) is 26.0 Å². The van der Waals surface area contributed by atoms with Crippen LogP contribution in [-0.2, 0) is 12.8 Å². The highest BCUT2D eigenvalue weighted by molar-refractivity contribution is 5.28. The van der Waals surface area contributed by atoms with Gasteiger partial charge in [0.2, 0.25) is 0 Å². The Bertz CT molecular complexity index is 520. The molecule has 1 atom stereocenters. The molecule has 0 aliphatic carbocycles. The molecule has 21 heavy (non-hydrogen) atoms. The van der Waals surface area contributed by atoms with Gasteiger partial charge in [0.15, 0.2) is 0 Å². The number of hydrogen-bond acceptors (Lipinski definition) is 3. The summed E-state index contributed by atoms with van der Waals surface area (Å²) in [5.74, 6) is 2.47. The Kier molecular flexibility index (Phi) is 5.88. The zero-order valence-corrected chi connectivity index (χ0v) is 13.1. The van der Waals surface area contributed by atoms with Crippen molar-refractivity contribution in [3.8, 4) is 5.75 Å². The van der Waals surface area contributed by atoms with E-state index >= 15 is 0 Å². The monoisotopic (exact) mass is 287 g/mol. The third-order valence-electron chi connectivity index (χ3n) is 3.54. The normalized spacial score (nSPS) is 12.6. The highest BCUT2D eigenvalue weighted by atomic mass is 16.5. The van der Waals surface area contributed by atoms with Crippen LogP contribution in [0, 0.1) is 5.92 Å². The molecule has 0 bridgehead atoms. The summed E-state index contributed by atoms with van der Waals surface area (Å²) in [6, 6.07) is 12.8. The summed E-state index contributed by atoms with van der Waals surface area (Å²) < 4.78 is 10.8. The van der Waals surface area contributed by atoms with Gasteiger partial charge in [-0.2, -0.15) is 0 Å².